The number of carbonyl (C=O) groups is 2. The third-order valence-electron chi connectivity index (χ3n) is 4.08. The number of methoxy groups -OCH3 is 1. The molecule has 0 aliphatic carbocycles. The van der Waals surface area contributed by atoms with Gasteiger partial charge in [0.05, 0.1) is 12.8 Å². The summed E-state index contributed by atoms with van der Waals surface area (Å²) in [6, 6.07) is 3.40. The van der Waals surface area contributed by atoms with Crippen LogP contribution in [0.3, 0.4) is 0 Å². The number of piperidine rings is 1. The first kappa shape index (κ1) is 17.6. The quantitative estimate of drug-likeness (QED) is 0.857. The lowest BCUT2D eigenvalue weighted by molar-refractivity contribution is -0.136. The van der Waals surface area contributed by atoms with E-state index in [-0.39, 0.29) is 18.2 Å². The summed E-state index contributed by atoms with van der Waals surface area (Å²) in [5.74, 6) is 0.509. The van der Waals surface area contributed by atoms with E-state index in [2.05, 4.69) is 12.2 Å². The minimum absolute atomic E-state index is 0.126. The molecule has 0 spiro atoms. The van der Waals surface area contributed by atoms with Crippen LogP contribution < -0.4 is 10.1 Å². The molecule has 2 rings (SSSR count). The molecule has 126 valence electrons. The van der Waals surface area contributed by atoms with Gasteiger partial charge in [0.2, 0.25) is 11.8 Å². The minimum atomic E-state index is -0.340. The highest BCUT2D eigenvalue weighted by Crippen LogP contribution is 2.31. The highest BCUT2D eigenvalue weighted by Gasteiger charge is 2.23. The van der Waals surface area contributed by atoms with Gasteiger partial charge in [-0.3, -0.25) is 9.59 Å². The van der Waals surface area contributed by atoms with Crippen molar-refractivity contribution < 1.29 is 14.3 Å². The Morgan fingerprint density at radius 1 is 1.43 bits per heavy atom. The summed E-state index contributed by atoms with van der Waals surface area (Å²) in [6.45, 7) is 5.44. The molecule has 6 heteroatoms. The van der Waals surface area contributed by atoms with Gasteiger partial charge < -0.3 is 15.0 Å². The minimum Gasteiger partial charge on any atom is -0.495 e. The summed E-state index contributed by atoms with van der Waals surface area (Å²) in [7, 11) is 1.51. The molecule has 1 unspecified atom stereocenters. The smallest absolute Gasteiger partial charge is 0.233 e. The van der Waals surface area contributed by atoms with Gasteiger partial charge in [-0.2, -0.15) is 0 Å². The van der Waals surface area contributed by atoms with E-state index in [1.807, 2.05) is 6.92 Å². The van der Waals surface area contributed by atoms with E-state index in [1.165, 1.54) is 7.11 Å². The Balaban J connectivity index is 1.99. The molecule has 0 radical (unpaired) electrons. The van der Waals surface area contributed by atoms with Gasteiger partial charge in [0.1, 0.15) is 12.2 Å². The fourth-order valence-corrected chi connectivity index (χ4v) is 2.94. The van der Waals surface area contributed by atoms with Crippen LogP contribution >= 0.6 is 11.6 Å². The molecule has 1 fully saturated rings. The van der Waals surface area contributed by atoms with Crippen molar-refractivity contribution in [3.63, 3.8) is 0 Å². The van der Waals surface area contributed by atoms with Crippen LogP contribution in [0, 0.1) is 12.8 Å². The number of aryl methyl sites for hydroxylation is 1. The van der Waals surface area contributed by atoms with Gasteiger partial charge in [-0.25, -0.2) is 0 Å². The normalized spacial score (nSPS) is 17.7. The Bertz CT molecular complexity index is 604. The lowest BCUT2D eigenvalue weighted by Crippen LogP contribution is -2.40. The number of halogens is 1. The second-order valence-electron chi connectivity index (χ2n) is 6.11. The van der Waals surface area contributed by atoms with Crippen molar-refractivity contribution in [2.75, 3.05) is 25.5 Å². The number of ether oxygens (including phenoxy) is 1. The van der Waals surface area contributed by atoms with Gasteiger partial charge in [-0.15, -0.1) is 0 Å². The average molecular weight is 339 g/mol. The maximum absolute atomic E-state index is 12.2. The van der Waals surface area contributed by atoms with Crippen molar-refractivity contribution in [2.24, 2.45) is 5.92 Å². The van der Waals surface area contributed by atoms with Crippen molar-refractivity contribution >= 4 is 29.1 Å². The molecule has 0 bridgehead atoms. The monoisotopic (exact) mass is 338 g/mol. The zero-order valence-corrected chi connectivity index (χ0v) is 14.6. The maximum atomic E-state index is 12.2. The molecule has 1 aromatic rings. The Labute approximate surface area is 141 Å². The number of benzene rings is 1. The van der Waals surface area contributed by atoms with Gasteiger partial charge in [-0.1, -0.05) is 18.5 Å². The predicted molar refractivity (Wildman–Crippen MR) is 91.0 cm³/mol. The molecule has 2 amide bonds. The summed E-state index contributed by atoms with van der Waals surface area (Å²) in [6.07, 6.45) is 1.98. The molecular weight excluding hydrogens is 316 g/mol. The molecule has 1 aliphatic rings. The Kier molecular flexibility index (Phi) is 5.88. The zero-order chi connectivity index (χ0) is 17.0. The van der Waals surface area contributed by atoms with Crippen LogP contribution in [0.2, 0.25) is 5.02 Å². The lowest BCUT2D eigenvalue weighted by Gasteiger charge is -2.30. The van der Waals surface area contributed by atoms with Crippen molar-refractivity contribution in [1.29, 1.82) is 0 Å². The van der Waals surface area contributed by atoms with Crippen molar-refractivity contribution in [3.8, 4) is 5.75 Å². The largest absolute Gasteiger partial charge is 0.495 e. The fraction of sp³-hybridized carbons (Fsp3) is 0.529. The number of anilines is 1. The number of rotatable bonds is 4. The van der Waals surface area contributed by atoms with E-state index in [0.717, 1.165) is 31.5 Å². The number of amides is 2. The number of hydrogen-bond donors (Lipinski definition) is 1. The summed E-state index contributed by atoms with van der Waals surface area (Å²) in [5.41, 5.74) is 1.36. The molecule has 1 aliphatic heterocycles. The summed E-state index contributed by atoms with van der Waals surface area (Å²) < 4.78 is 5.22. The second kappa shape index (κ2) is 7.68. The molecule has 1 aromatic carbocycles. The predicted octanol–water partition coefficient (Wildman–Crippen LogP) is 3.24. The molecule has 5 nitrogen and oxygen atoms in total. The standard InChI is InChI=1S/C17H23ClN2O3/c1-11-5-4-6-20(10-11)17(22)9-16(21)19-14-7-12(2)13(18)8-15(14)23-3/h7-8,11H,4-6,9-10H2,1-3H3,(H,19,21). The Hall–Kier alpha value is -1.75. The van der Waals surface area contributed by atoms with Crippen LogP contribution in [0.5, 0.6) is 5.75 Å². The zero-order valence-electron chi connectivity index (χ0n) is 13.8. The van der Waals surface area contributed by atoms with E-state index in [1.54, 1.807) is 17.0 Å². The topological polar surface area (TPSA) is 58.6 Å². The van der Waals surface area contributed by atoms with Gasteiger partial charge >= 0.3 is 0 Å². The Morgan fingerprint density at radius 2 is 2.17 bits per heavy atom. The van der Waals surface area contributed by atoms with Crippen molar-refractivity contribution in [3.05, 3.63) is 22.7 Å². The van der Waals surface area contributed by atoms with E-state index >= 15 is 0 Å². The van der Waals surface area contributed by atoms with Gasteiger partial charge in [-0.05, 0) is 37.3 Å². The first-order chi connectivity index (χ1) is 10.9. The molecule has 1 atom stereocenters. The fourth-order valence-electron chi connectivity index (χ4n) is 2.79. The molecule has 0 saturated carbocycles. The average Bonchev–Trinajstić information content (AvgIpc) is 2.50. The number of hydrogen-bond acceptors (Lipinski definition) is 3. The number of nitrogens with one attached hydrogen (secondary N) is 1. The van der Waals surface area contributed by atoms with Gasteiger partial charge in [0.15, 0.2) is 0 Å². The van der Waals surface area contributed by atoms with Crippen molar-refractivity contribution in [2.45, 2.75) is 33.1 Å². The maximum Gasteiger partial charge on any atom is 0.233 e. The van der Waals surface area contributed by atoms with E-state index in [0.29, 0.717) is 22.4 Å². The van der Waals surface area contributed by atoms with Gasteiger partial charge in [0, 0.05) is 24.2 Å². The highest BCUT2D eigenvalue weighted by molar-refractivity contribution is 6.31. The summed E-state index contributed by atoms with van der Waals surface area (Å²) in [4.78, 5) is 26.2. The summed E-state index contributed by atoms with van der Waals surface area (Å²) >= 11 is 6.05. The molecule has 23 heavy (non-hydrogen) atoms. The van der Waals surface area contributed by atoms with E-state index in [4.69, 9.17) is 16.3 Å². The van der Waals surface area contributed by atoms with Crippen molar-refractivity contribution in [1.82, 2.24) is 4.90 Å². The van der Waals surface area contributed by atoms with Crippen LogP contribution in [-0.4, -0.2) is 36.9 Å². The van der Waals surface area contributed by atoms with E-state index in [9.17, 15) is 9.59 Å². The van der Waals surface area contributed by atoms with Crippen LogP contribution in [0.1, 0.15) is 31.7 Å². The summed E-state index contributed by atoms with van der Waals surface area (Å²) in [5, 5.41) is 3.31. The Morgan fingerprint density at radius 3 is 2.83 bits per heavy atom. The molecular formula is C17H23ClN2O3. The molecule has 1 N–H and O–H groups in total. The third kappa shape index (κ3) is 4.61. The molecule has 1 saturated heterocycles. The van der Waals surface area contributed by atoms with Crippen LogP contribution in [-0.2, 0) is 9.59 Å². The first-order valence-corrected chi connectivity index (χ1v) is 8.20. The van der Waals surface area contributed by atoms with Crippen LogP contribution in [0.15, 0.2) is 12.1 Å². The SMILES string of the molecule is COc1cc(Cl)c(C)cc1NC(=O)CC(=O)N1CCCC(C)C1. The second-order valence-corrected chi connectivity index (χ2v) is 6.52. The number of likely N-dealkylation sites (tertiary alicyclic amines) is 1. The number of nitrogens with zero attached hydrogens (tertiary/aromatic N) is 1. The highest BCUT2D eigenvalue weighted by atomic mass is 35.5. The third-order valence-corrected chi connectivity index (χ3v) is 4.48. The van der Waals surface area contributed by atoms with Gasteiger partial charge in [0.25, 0.3) is 0 Å². The first-order valence-electron chi connectivity index (χ1n) is 7.82. The van der Waals surface area contributed by atoms with Crippen LogP contribution in [0.25, 0.3) is 0 Å². The van der Waals surface area contributed by atoms with E-state index < -0.39 is 0 Å². The molecule has 1 heterocycles. The lowest BCUT2D eigenvalue weighted by atomic mass is 10.00. The van der Waals surface area contributed by atoms with Crippen LogP contribution in [0.4, 0.5) is 5.69 Å². The number of carbonyl (C=O) groups excluding carboxylic acids is 2. The molecule has 0 aromatic heterocycles.